The first-order chi connectivity index (χ1) is 13.1. The molecule has 2 aliphatic rings. The number of amides is 3. The molecule has 2 aliphatic heterocycles. The molecule has 27 heavy (non-hydrogen) atoms. The molecule has 5 rings (SSSR count). The molecule has 138 valence electrons. The largest absolute Gasteiger partial charge is 0.345 e. The third-order valence-electron chi connectivity index (χ3n) is 5.32. The second kappa shape index (κ2) is 5.83. The summed E-state index contributed by atoms with van der Waals surface area (Å²) in [7, 11) is 1.79. The van der Waals surface area contributed by atoms with Crippen molar-refractivity contribution in [2.24, 2.45) is 0 Å². The van der Waals surface area contributed by atoms with Gasteiger partial charge in [0.1, 0.15) is 5.65 Å². The zero-order valence-electron chi connectivity index (χ0n) is 14.9. The first-order valence-corrected chi connectivity index (χ1v) is 8.90. The van der Waals surface area contributed by atoms with Crippen LogP contribution in [0.25, 0.3) is 11.0 Å². The number of aromatic amines is 1. The lowest BCUT2D eigenvalue weighted by Crippen LogP contribution is -2.50. The van der Waals surface area contributed by atoms with Crippen molar-refractivity contribution in [2.75, 3.05) is 38.1 Å². The lowest BCUT2D eigenvalue weighted by Gasteiger charge is -2.39. The number of anilines is 1. The standard InChI is InChI=1S/C18H19N7O2/c1-22-5-6-24(18(22)27)12-7-21-25(11-12)13-9-23(10-13)17(26)15-8-20-16-14(15)3-2-4-19-16/h2-4,7-8,11,13H,5-6,9-10H2,1H3,(H,19,20). The number of pyridine rings is 1. The van der Waals surface area contributed by atoms with E-state index in [0.717, 1.165) is 23.3 Å². The van der Waals surface area contributed by atoms with Crippen molar-refractivity contribution in [3.05, 3.63) is 42.5 Å². The van der Waals surface area contributed by atoms with Gasteiger partial charge in [-0.15, -0.1) is 0 Å². The van der Waals surface area contributed by atoms with Crippen LogP contribution in [0.2, 0.25) is 0 Å². The SMILES string of the molecule is CN1CCN(c2cnn(C3CN(C(=O)c4c[nH]c5ncccc45)C3)c2)C1=O. The monoisotopic (exact) mass is 365 g/mol. The number of likely N-dealkylation sites (N-methyl/N-ethyl adjacent to an activating group) is 1. The van der Waals surface area contributed by atoms with Crippen LogP contribution < -0.4 is 4.90 Å². The fourth-order valence-corrected chi connectivity index (χ4v) is 3.65. The van der Waals surface area contributed by atoms with Gasteiger partial charge in [-0.2, -0.15) is 5.10 Å². The predicted octanol–water partition coefficient (Wildman–Crippen LogP) is 1.33. The van der Waals surface area contributed by atoms with Gasteiger partial charge < -0.3 is 14.8 Å². The van der Waals surface area contributed by atoms with Crippen LogP contribution in [0.15, 0.2) is 36.9 Å². The summed E-state index contributed by atoms with van der Waals surface area (Å²) < 4.78 is 1.85. The highest BCUT2D eigenvalue weighted by Gasteiger charge is 2.35. The zero-order valence-corrected chi connectivity index (χ0v) is 14.9. The van der Waals surface area contributed by atoms with Gasteiger partial charge in [0, 0.05) is 57.2 Å². The van der Waals surface area contributed by atoms with E-state index in [-0.39, 0.29) is 18.0 Å². The molecular formula is C18H19N7O2. The van der Waals surface area contributed by atoms with E-state index in [2.05, 4.69) is 15.1 Å². The molecule has 9 nitrogen and oxygen atoms in total. The van der Waals surface area contributed by atoms with E-state index >= 15 is 0 Å². The molecule has 0 atom stereocenters. The van der Waals surface area contributed by atoms with Gasteiger partial charge in [0.05, 0.1) is 23.5 Å². The van der Waals surface area contributed by atoms with Crippen LogP contribution in [0.4, 0.5) is 10.5 Å². The van der Waals surface area contributed by atoms with Crippen LogP contribution in [-0.2, 0) is 0 Å². The molecule has 0 aliphatic carbocycles. The van der Waals surface area contributed by atoms with Gasteiger partial charge in [0.15, 0.2) is 0 Å². The van der Waals surface area contributed by atoms with E-state index < -0.39 is 0 Å². The summed E-state index contributed by atoms with van der Waals surface area (Å²) in [6, 6.07) is 3.84. The van der Waals surface area contributed by atoms with Crippen molar-refractivity contribution in [3.8, 4) is 0 Å². The molecule has 2 fully saturated rings. The molecule has 0 radical (unpaired) electrons. The number of carbonyl (C=O) groups excluding carboxylic acids is 2. The second-order valence-electron chi connectivity index (χ2n) is 7.00. The maximum Gasteiger partial charge on any atom is 0.324 e. The molecule has 1 N–H and O–H groups in total. The third kappa shape index (κ3) is 2.46. The summed E-state index contributed by atoms with van der Waals surface area (Å²) >= 11 is 0. The number of hydrogen-bond donors (Lipinski definition) is 1. The van der Waals surface area contributed by atoms with Crippen molar-refractivity contribution >= 4 is 28.7 Å². The molecule has 0 bridgehead atoms. The van der Waals surface area contributed by atoms with Gasteiger partial charge in [-0.25, -0.2) is 9.78 Å². The second-order valence-corrected chi connectivity index (χ2v) is 7.00. The van der Waals surface area contributed by atoms with E-state index in [0.29, 0.717) is 25.2 Å². The zero-order chi connectivity index (χ0) is 18.5. The number of nitrogens with zero attached hydrogens (tertiary/aromatic N) is 6. The minimum absolute atomic E-state index is 0.00535. The fraction of sp³-hybridized carbons (Fsp3) is 0.333. The van der Waals surface area contributed by atoms with Crippen LogP contribution in [0.1, 0.15) is 16.4 Å². The highest BCUT2D eigenvalue weighted by atomic mass is 16.2. The topological polar surface area (TPSA) is 90.4 Å². The Labute approximate surface area is 155 Å². The highest BCUT2D eigenvalue weighted by molar-refractivity contribution is 6.06. The lowest BCUT2D eigenvalue weighted by atomic mass is 10.1. The number of nitrogens with one attached hydrogen (secondary N) is 1. The molecule has 0 saturated carbocycles. The molecule has 3 aromatic rings. The van der Waals surface area contributed by atoms with E-state index in [1.54, 1.807) is 40.3 Å². The maximum absolute atomic E-state index is 12.8. The third-order valence-corrected chi connectivity index (χ3v) is 5.32. The first-order valence-electron chi connectivity index (χ1n) is 8.90. The summed E-state index contributed by atoms with van der Waals surface area (Å²) in [5.74, 6) is -0.00535. The smallest absolute Gasteiger partial charge is 0.324 e. The van der Waals surface area contributed by atoms with Gasteiger partial charge >= 0.3 is 6.03 Å². The molecule has 3 aromatic heterocycles. The molecule has 3 amide bonds. The van der Waals surface area contributed by atoms with Crippen molar-refractivity contribution in [1.29, 1.82) is 0 Å². The summed E-state index contributed by atoms with van der Waals surface area (Å²) in [5, 5.41) is 5.24. The fourth-order valence-electron chi connectivity index (χ4n) is 3.65. The number of H-pyrrole nitrogens is 1. The van der Waals surface area contributed by atoms with Crippen molar-refractivity contribution in [1.82, 2.24) is 29.5 Å². The number of rotatable bonds is 3. The predicted molar refractivity (Wildman–Crippen MR) is 98.6 cm³/mol. The van der Waals surface area contributed by atoms with Crippen molar-refractivity contribution in [2.45, 2.75) is 6.04 Å². The molecule has 0 spiro atoms. The van der Waals surface area contributed by atoms with Gasteiger partial charge in [-0.3, -0.25) is 14.4 Å². The van der Waals surface area contributed by atoms with Gasteiger partial charge in [-0.05, 0) is 12.1 Å². The van der Waals surface area contributed by atoms with E-state index in [9.17, 15) is 9.59 Å². The Bertz CT molecular complexity index is 1030. The Morgan fingerprint density at radius 3 is 2.93 bits per heavy atom. The van der Waals surface area contributed by atoms with Crippen LogP contribution in [-0.4, -0.2) is 74.7 Å². The Kier molecular flexibility index (Phi) is 3.43. The molecule has 0 unspecified atom stereocenters. The quantitative estimate of drug-likeness (QED) is 0.758. The van der Waals surface area contributed by atoms with Crippen molar-refractivity contribution in [3.63, 3.8) is 0 Å². The average Bonchev–Trinajstić information content (AvgIpc) is 3.34. The first kappa shape index (κ1) is 15.9. The number of fused-ring (bicyclic) bond motifs is 1. The van der Waals surface area contributed by atoms with Crippen LogP contribution in [0, 0.1) is 0 Å². The Morgan fingerprint density at radius 1 is 1.30 bits per heavy atom. The Morgan fingerprint density at radius 2 is 2.15 bits per heavy atom. The summed E-state index contributed by atoms with van der Waals surface area (Å²) in [5.41, 5.74) is 2.16. The molecular weight excluding hydrogens is 346 g/mol. The number of likely N-dealkylation sites (tertiary alicyclic amines) is 1. The maximum atomic E-state index is 12.8. The minimum Gasteiger partial charge on any atom is -0.345 e. The van der Waals surface area contributed by atoms with Gasteiger partial charge in [-0.1, -0.05) is 0 Å². The summed E-state index contributed by atoms with van der Waals surface area (Å²) in [6.07, 6.45) is 7.02. The molecule has 5 heterocycles. The number of hydrogen-bond acceptors (Lipinski definition) is 4. The van der Waals surface area contributed by atoms with E-state index in [4.69, 9.17) is 0 Å². The van der Waals surface area contributed by atoms with Gasteiger partial charge in [0.25, 0.3) is 5.91 Å². The van der Waals surface area contributed by atoms with Crippen LogP contribution >= 0.6 is 0 Å². The Balaban J connectivity index is 1.27. The Hall–Kier alpha value is -3.36. The van der Waals surface area contributed by atoms with E-state index in [1.165, 1.54) is 0 Å². The van der Waals surface area contributed by atoms with Crippen LogP contribution in [0.3, 0.4) is 0 Å². The summed E-state index contributed by atoms with van der Waals surface area (Å²) in [4.78, 5) is 37.3. The van der Waals surface area contributed by atoms with E-state index in [1.807, 2.05) is 23.0 Å². The van der Waals surface area contributed by atoms with Crippen LogP contribution in [0.5, 0.6) is 0 Å². The number of carbonyl (C=O) groups is 2. The molecule has 9 heteroatoms. The van der Waals surface area contributed by atoms with Gasteiger partial charge in [0.2, 0.25) is 0 Å². The highest BCUT2D eigenvalue weighted by Crippen LogP contribution is 2.27. The molecule has 0 aromatic carbocycles. The summed E-state index contributed by atoms with van der Waals surface area (Å²) in [6.45, 7) is 2.58. The molecule has 2 saturated heterocycles. The average molecular weight is 365 g/mol. The minimum atomic E-state index is -0.00657. The number of aromatic nitrogens is 4. The normalized spacial score (nSPS) is 17.8. The van der Waals surface area contributed by atoms with Crippen molar-refractivity contribution < 1.29 is 9.59 Å². The lowest BCUT2D eigenvalue weighted by molar-refractivity contribution is 0.0504. The number of urea groups is 1.